The first-order chi connectivity index (χ1) is 25.2. The molecule has 0 saturated carbocycles. The molecule has 5 rings (SSSR count). The van der Waals surface area contributed by atoms with E-state index in [2.05, 4.69) is 10.3 Å². The summed E-state index contributed by atoms with van der Waals surface area (Å²) in [6.45, 7) is 6.89. The molecule has 266 valence electrons. The number of Topliss-reactive ketones (excluding diaryl/α,β-unsaturated/α-hetero) is 2. The Labute approximate surface area is 303 Å². The number of ketones is 3. The molecular weight excluding hydrogens is 656 g/mol. The van der Waals surface area contributed by atoms with Gasteiger partial charge in [0.1, 0.15) is 11.4 Å². The maximum Gasteiger partial charge on any atom is 0.334 e. The van der Waals surface area contributed by atoms with Gasteiger partial charge in [0.05, 0.1) is 0 Å². The van der Waals surface area contributed by atoms with Crippen LogP contribution in [0.25, 0.3) is 11.1 Å². The summed E-state index contributed by atoms with van der Waals surface area (Å²) in [4.78, 5) is 74.3. The zero-order chi connectivity index (χ0) is 37.2. The Kier molecular flexibility index (Phi) is 12.5. The Morgan fingerprint density at radius 1 is 0.596 bits per heavy atom. The second-order valence-corrected chi connectivity index (χ2v) is 12.7. The van der Waals surface area contributed by atoms with Gasteiger partial charge in [0.15, 0.2) is 5.78 Å². The molecule has 0 bridgehead atoms. The zero-order valence-electron chi connectivity index (χ0n) is 29.9. The van der Waals surface area contributed by atoms with Crippen LogP contribution in [0.5, 0.6) is 0 Å². The molecule has 0 fully saturated rings. The Bertz CT molecular complexity index is 2050. The molecule has 4 aromatic rings. The summed E-state index contributed by atoms with van der Waals surface area (Å²) < 4.78 is 0. The summed E-state index contributed by atoms with van der Waals surface area (Å²) in [6, 6.07) is 27.4. The molecule has 1 aliphatic carbocycles. The average Bonchev–Trinajstić information content (AvgIpc) is 3.50. The minimum Gasteiger partial charge on any atom is -0.318 e. The molecule has 0 aromatic heterocycles. The standard InChI is InChI=1S/C43H42N2O7/c1-5-8-15-37(44-51-27(4)46)42(49)31-21-23-33-34-24-22-32(43(50)38(16-9-6-2)45-52-39(47)7-3)26-36(34)40(35(33)25-31)28-17-19-30(20-18-28)41(48)29-13-11-10-12-14-29/h10-14,17-26,40H,5-9,15-16H2,1-4H3/b44-37+,45-38+. The van der Waals surface area contributed by atoms with Crippen molar-refractivity contribution in [2.24, 2.45) is 10.3 Å². The molecule has 1 aliphatic rings. The highest BCUT2D eigenvalue weighted by molar-refractivity contribution is 6.46. The number of hydrogen-bond acceptors (Lipinski definition) is 9. The predicted octanol–water partition coefficient (Wildman–Crippen LogP) is 9.05. The summed E-state index contributed by atoms with van der Waals surface area (Å²) in [5, 5.41) is 7.87. The summed E-state index contributed by atoms with van der Waals surface area (Å²) in [7, 11) is 0. The summed E-state index contributed by atoms with van der Waals surface area (Å²) >= 11 is 0. The molecule has 0 amide bonds. The van der Waals surface area contributed by atoms with Crippen LogP contribution in [0.2, 0.25) is 0 Å². The fraction of sp³-hybridized carbons (Fsp3) is 0.279. The smallest absolute Gasteiger partial charge is 0.318 e. The van der Waals surface area contributed by atoms with Gasteiger partial charge in [-0.25, -0.2) is 9.59 Å². The van der Waals surface area contributed by atoms with Gasteiger partial charge in [0, 0.05) is 41.5 Å². The number of unbranched alkanes of at least 4 members (excludes halogenated alkanes) is 2. The monoisotopic (exact) mass is 698 g/mol. The predicted molar refractivity (Wildman–Crippen MR) is 200 cm³/mol. The zero-order valence-corrected chi connectivity index (χ0v) is 29.9. The number of rotatable bonds is 16. The third kappa shape index (κ3) is 8.54. The van der Waals surface area contributed by atoms with E-state index >= 15 is 0 Å². The van der Waals surface area contributed by atoms with Crippen LogP contribution < -0.4 is 0 Å². The van der Waals surface area contributed by atoms with Gasteiger partial charge >= 0.3 is 11.9 Å². The van der Waals surface area contributed by atoms with Gasteiger partial charge < -0.3 is 9.68 Å². The maximum absolute atomic E-state index is 13.9. The minimum atomic E-state index is -0.614. The third-order valence-electron chi connectivity index (χ3n) is 8.97. The summed E-state index contributed by atoms with van der Waals surface area (Å²) in [5.74, 6) is -2.32. The molecule has 1 unspecified atom stereocenters. The lowest BCUT2D eigenvalue weighted by molar-refractivity contribution is -0.143. The second-order valence-electron chi connectivity index (χ2n) is 12.7. The van der Waals surface area contributed by atoms with Crippen molar-refractivity contribution in [2.75, 3.05) is 0 Å². The van der Waals surface area contributed by atoms with Gasteiger partial charge in [0.25, 0.3) is 0 Å². The lowest BCUT2D eigenvalue weighted by atomic mass is 9.86. The van der Waals surface area contributed by atoms with Crippen molar-refractivity contribution in [1.29, 1.82) is 0 Å². The Balaban J connectivity index is 1.60. The molecular formula is C43H42N2O7. The molecule has 4 aromatic carbocycles. The van der Waals surface area contributed by atoms with Crippen LogP contribution in [0, 0.1) is 0 Å². The van der Waals surface area contributed by atoms with E-state index in [1.807, 2.05) is 68.4 Å². The maximum atomic E-state index is 13.9. The fourth-order valence-electron chi connectivity index (χ4n) is 6.20. The highest BCUT2D eigenvalue weighted by atomic mass is 16.7. The normalized spacial score (nSPS) is 13.6. The number of benzene rings is 4. The number of carbonyl (C=O) groups excluding carboxylic acids is 5. The molecule has 0 spiro atoms. The number of fused-ring (bicyclic) bond motifs is 3. The first-order valence-corrected chi connectivity index (χ1v) is 17.7. The van der Waals surface area contributed by atoms with E-state index < -0.39 is 17.9 Å². The van der Waals surface area contributed by atoms with E-state index in [0.717, 1.165) is 40.7 Å². The van der Waals surface area contributed by atoms with Crippen molar-refractivity contribution < 1.29 is 33.6 Å². The Morgan fingerprint density at radius 2 is 1.08 bits per heavy atom. The van der Waals surface area contributed by atoms with E-state index in [4.69, 9.17) is 9.68 Å². The number of nitrogens with zero attached hydrogens (tertiary/aromatic N) is 2. The quantitative estimate of drug-likeness (QED) is 0.0435. The largest absolute Gasteiger partial charge is 0.334 e. The van der Waals surface area contributed by atoms with Crippen molar-refractivity contribution in [1.82, 2.24) is 0 Å². The molecule has 0 heterocycles. The van der Waals surface area contributed by atoms with Gasteiger partial charge in [-0.15, -0.1) is 0 Å². The molecule has 9 nitrogen and oxygen atoms in total. The minimum absolute atomic E-state index is 0.102. The molecule has 0 N–H and O–H groups in total. The lowest BCUT2D eigenvalue weighted by Gasteiger charge is -2.17. The summed E-state index contributed by atoms with van der Waals surface area (Å²) in [6.07, 6.45) is 3.87. The van der Waals surface area contributed by atoms with Gasteiger partial charge in [0.2, 0.25) is 11.6 Å². The van der Waals surface area contributed by atoms with Crippen LogP contribution in [-0.4, -0.2) is 40.7 Å². The molecule has 0 radical (unpaired) electrons. The Morgan fingerprint density at radius 3 is 1.56 bits per heavy atom. The van der Waals surface area contributed by atoms with Crippen LogP contribution in [0.4, 0.5) is 0 Å². The van der Waals surface area contributed by atoms with Gasteiger partial charge in [-0.2, -0.15) is 0 Å². The summed E-state index contributed by atoms with van der Waals surface area (Å²) in [5.41, 5.74) is 6.53. The van der Waals surface area contributed by atoms with Crippen molar-refractivity contribution in [3.05, 3.63) is 130 Å². The van der Waals surface area contributed by atoms with Crippen molar-refractivity contribution in [3.63, 3.8) is 0 Å². The van der Waals surface area contributed by atoms with Gasteiger partial charge in [-0.1, -0.05) is 123 Å². The number of hydrogen-bond donors (Lipinski definition) is 0. The van der Waals surface area contributed by atoms with Crippen LogP contribution in [0.1, 0.15) is 132 Å². The van der Waals surface area contributed by atoms with Crippen molar-refractivity contribution in [3.8, 4) is 11.1 Å². The molecule has 0 saturated heterocycles. The molecule has 0 aliphatic heterocycles. The van der Waals surface area contributed by atoms with Crippen LogP contribution in [0.3, 0.4) is 0 Å². The van der Waals surface area contributed by atoms with E-state index in [0.29, 0.717) is 47.9 Å². The van der Waals surface area contributed by atoms with Crippen LogP contribution in [0.15, 0.2) is 101 Å². The number of carbonyl (C=O) groups is 5. The third-order valence-corrected chi connectivity index (χ3v) is 8.97. The molecule has 1 atom stereocenters. The first-order valence-electron chi connectivity index (χ1n) is 17.7. The SMILES string of the molecule is CCCC/C(=N\OC(C)=O)C(=O)c1ccc2c(c1)C(c1ccc(C(=O)c3ccccc3)cc1)c1cc(C(=O)/C(CCCC)=N/OC(=O)CC)ccc1-2. The fourth-order valence-corrected chi connectivity index (χ4v) is 6.20. The van der Waals surface area contributed by atoms with Gasteiger partial charge in [-0.3, -0.25) is 14.4 Å². The average molecular weight is 699 g/mol. The second kappa shape index (κ2) is 17.4. The lowest BCUT2D eigenvalue weighted by Crippen LogP contribution is -2.17. The topological polar surface area (TPSA) is 129 Å². The Hall–Kier alpha value is -5.83. The van der Waals surface area contributed by atoms with Crippen molar-refractivity contribution in [2.45, 2.75) is 78.6 Å². The van der Waals surface area contributed by atoms with E-state index in [-0.39, 0.29) is 35.2 Å². The highest BCUT2D eigenvalue weighted by Crippen LogP contribution is 2.49. The van der Waals surface area contributed by atoms with E-state index in [9.17, 15) is 24.0 Å². The van der Waals surface area contributed by atoms with Crippen molar-refractivity contribution >= 4 is 40.7 Å². The molecule has 52 heavy (non-hydrogen) atoms. The van der Waals surface area contributed by atoms with E-state index in [1.165, 1.54) is 6.92 Å². The number of oxime groups is 2. The molecule has 9 heteroatoms. The highest BCUT2D eigenvalue weighted by Gasteiger charge is 2.33. The van der Waals surface area contributed by atoms with E-state index in [1.54, 1.807) is 43.3 Å². The van der Waals surface area contributed by atoms with Crippen LogP contribution >= 0.6 is 0 Å². The van der Waals surface area contributed by atoms with Gasteiger partial charge in [-0.05, 0) is 65.6 Å². The van der Waals surface area contributed by atoms with Crippen LogP contribution in [-0.2, 0) is 19.3 Å². The first kappa shape index (κ1) is 37.4.